The lowest BCUT2D eigenvalue weighted by atomic mass is 10.1. The van der Waals surface area contributed by atoms with Crippen molar-refractivity contribution >= 4 is 34.3 Å². The summed E-state index contributed by atoms with van der Waals surface area (Å²) < 4.78 is 13.0. The van der Waals surface area contributed by atoms with Gasteiger partial charge in [0.1, 0.15) is 5.82 Å². The Morgan fingerprint density at radius 3 is 2.33 bits per heavy atom. The number of hydrogen-bond acceptors (Lipinski definition) is 5. The van der Waals surface area contributed by atoms with Gasteiger partial charge in [-0.3, -0.25) is 14.9 Å². The normalized spacial score (nSPS) is 11.6. The Hall–Kier alpha value is -3.26. The lowest BCUT2D eigenvalue weighted by molar-refractivity contribution is -0.384. The summed E-state index contributed by atoms with van der Waals surface area (Å²) in [6.07, 6.45) is 0.148. The number of nitrogens with one attached hydrogen (secondary N) is 2. The van der Waals surface area contributed by atoms with Crippen LogP contribution < -0.4 is 10.6 Å². The minimum atomic E-state index is -0.462. The topological polar surface area (TPSA) is 84.3 Å². The van der Waals surface area contributed by atoms with Gasteiger partial charge >= 0.3 is 0 Å². The summed E-state index contributed by atoms with van der Waals surface area (Å²) in [5.41, 5.74) is 1.19. The van der Waals surface area contributed by atoms with Gasteiger partial charge in [-0.1, -0.05) is 6.07 Å². The van der Waals surface area contributed by atoms with Crippen molar-refractivity contribution in [3.8, 4) is 0 Å². The van der Waals surface area contributed by atoms with Crippen molar-refractivity contribution < 1.29 is 14.1 Å². The highest BCUT2D eigenvalue weighted by atomic mass is 32.1. The lowest BCUT2D eigenvalue weighted by Gasteiger charge is -2.18. The third-order valence-corrected chi connectivity index (χ3v) is 4.81. The lowest BCUT2D eigenvalue weighted by Crippen LogP contribution is -2.19. The molecule has 1 aromatic heterocycles. The van der Waals surface area contributed by atoms with Crippen LogP contribution in [0.2, 0.25) is 0 Å². The number of carbonyl (C=O) groups is 1. The Morgan fingerprint density at radius 2 is 1.74 bits per heavy atom. The molecule has 0 aliphatic heterocycles. The molecule has 0 spiro atoms. The minimum absolute atomic E-state index is 0.00211. The van der Waals surface area contributed by atoms with Crippen LogP contribution in [0.4, 0.5) is 21.5 Å². The molecular formula is C19H16FN3O3S. The maximum absolute atomic E-state index is 13.0. The zero-order chi connectivity index (χ0) is 19.2. The van der Waals surface area contributed by atoms with Gasteiger partial charge < -0.3 is 10.6 Å². The van der Waals surface area contributed by atoms with Crippen molar-refractivity contribution in [3.63, 3.8) is 0 Å². The molecule has 1 atom stereocenters. The summed E-state index contributed by atoms with van der Waals surface area (Å²) in [6.45, 7) is 0. The van der Waals surface area contributed by atoms with E-state index in [9.17, 15) is 19.3 Å². The highest BCUT2D eigenvalue weighted by Gasteiger charge is 2.18. The fraction of sp³-hybridized carbons (Fsp3) is 0.105. The van der Waals surface area contributed by atoms with Crippen molar-refractivity contribution in [2.24, 2.45) is 0 Å². The molecule has 2 aromatic carbocycles. The number of nitro groups is 1. The number of halogens is 1. The first-order chi connectivity index (χ1) is 13.0. The molecule has 0 fully saturated rings. The molecule has 138 valence electrons. The van der Waals surface area contributed by atoms with Crippen molar-refractivity contribution in [1.82, 2.24) is 0 Å². The van der Waals surface area contributed by atoms with Gasteiger partial charge in [0.25, 0.3) is 5.69 Å². The van der Waals surface area contributed by atoms with E-state index in [-0.39, 0.29) is 29.9 Å². The predicted molar refractivity (Wildman–Crippen MR) is 103 cm³/mol. The molecule has 0 radical (unpaired) electrons. The van der Waals surface area contributed by atoms with Crippen LogP contribution in [0, 0.1) is 15.9 Å². The second-order valence-corrected chi connectivity index (χ2v) is 6.75. The first kappa shape index (κ1) is 18.5. The fourth-order valence-electron chi connectivity index (χ4n) is 2.52. The number of anilines is 2. The minimum Gasteiger partial charge on any atom is -0.377 e. The van der Waals surface area contributed by atoms with E-state index in [1.54, 1.807) is 12.1 Å². The Balaban J connectivity index is 1.70. The molecule has 0 aliphatic rings. The number of non-ortho nitro benzene ring substituents is 1. The van der Waals surface area contributed by atoms with Crippen molar-refractivity contribution in [2.45, 2.75) is 12.5 Å². The molecule has 3 aromatic rings. The van der Waals surface area contributed by atoms with Gasteiger partial charge in [-0.05, 0) is 47.8 Å². The van der Waals surface area contributed by atoms with Crippen LogP contribution in [0.25, 0.3) is 0 Å². The summed E-state index contributed by atoms with van der Waals surface area (Å²) in [6, 6.07) is 15.1. The smallest absolute Gasteiger partial charge is 0.269 e. The highest BCUT2D eigenvalue weighted by Crippen LogP contribution is 2.28. The van der Waals surface area contributed by atoms with E-state index >= 15 is 0 Å². The molecule has 0 bridgehead atoms. The van der Waals surface area contributed by atoms with Crippen LogP contribution in [0.5, 0.6) is 0 Å². The number of nitro benzene ring substituents is 1. The van der Waals surface area contributed by atoms with Crippen molar-refractivity contribution in [3.05, 3.63) is 86.9 Å². The Morgan fingerprint density at radius 1 is 1.07 bits per heavy atom. The largest absolute Gasteiger partial charge is 0.377 e. The maximum atomic E-state index is 13.0. The van der Waals surface area contributed by atoms with Crippen LogP contribution in [0.15, 0.2) is 66.0 Å². The Kier molecular flexibility index (Phi) is 5.77. The molecule has 3 rings (SSSR count). The third-order valence-electron chi connectivity index (χ3n) is 3.82. The average Bonchev–Trinajstić information content (AvgIpc) is 3.18. The molecule has 0 aliphatic carbocycles. The van der Waals surface area contributed by atoms with Gasteiger partial charge in [0.05, 0.1) is 17.4 Å². The van der Waals surface area contributed by atoms with Gasteiger partial charge in [0.15, 0.2) is 0 Å². The predicted octanol–water partition coefficient (Wildman–Crippen LogP) is 4.98. The SMILES string of the molecule is O=C(CC(Nc1ccc([N+](=O)[O-])cc1)c1cccs1)Nc1ccc(F)cc1. The van der Waals surface area contributed by atoms with Crippen molar-refractivity contribution in [1.29, 1.82) is 0 Å². The van der Waals surface area contributed by atoms with Crippen LogP contribution in [-0.2, 0) is 4.79 Å². The summed E-state index contributed by atoms with van der Waals surface area (Å²) in [5, 5.41) is 18.7. The summed E-state index contributed by atoms with van der Waals surface area (Å²) in [7, 11) is 0. The second-order valence-electron chi connectivity index (χ2n) is 5.78. The second kappa shape index (κ2) is 8.41. The van der Waals surface area contributed by atoms with E-state index in [0.29, 0.717) is 11.4 Å². The number of rotatable bonds is 7. The number of hydrogen-bond donors (Lipinski definition) is 2. The highest BCUT2D eigenvalue weighted by molar-refractivity contribution is 7.10. The number of benzene rings is 2. The molecule has 27 heavy (non-hydrogen) atoms. The van der Waals surface area contributed by atoms with Crippen LogP contribution in [-0.4, -0.2) is 10.8 Å². The van der Waals surface area contributed by atoms with Crippen LogP contribution >= 0.6 is 11.3 Å². The number of nitrogens with zero attached hydrogens (tertiary/aromatic N) is 1. The monoisotopic (exact) mass is 385 g/mol. The van der Waals surface area contributed by atoms with E-state index < -0.39 is 4.92 Å². The van der Waals surface area contributed by atoms with Gasteiger partial charge in [0, 0.05) is 28.4 Å². The van der Waals surface area contributed by atoms with E-state index in [1.807, 2.05) is 17.5 Å². The molecule has 1 amide bonds. The summed E-state index contributed by atoms with van der Waals surface area (Å²) in [5.74, 6) is -0.598. The molecule has 1 heterocycles. The first-order valence-electron chi connectivity index (χ1n) is 8.11. The van der Waals surface area contributed by atoms with E-state index in [2.05, 4.69) is 10.6 Å². The summed E-state index contributed by atoms with van der Waals surface area (Å²) in [4.78, 5) is 23.7. The zero-order valence-electron chi connectivity index (χ0n) is 14.1. The number of thiophene rings is 1. The number of carbonyl (C=O) groups excluding carboxylic acids is 1. The molecule has 8 heteroatoms. The van der Waals surface area contributed by atoms with Gasteiger partial charge in [0.2, 0.25) is 5.91 Å². The Labute approximate surface area is 158 Å². The fourth-order valence-corrected chi connectivity index (χ4v) is 3.30. The Bertz CT molecular complexity index is 912. The molecule has 0 saturated heterocycles. The molecule has 0 saturated carbocycles. The van der Waals surface area contributed by atoms with Crippen LogP contribution in [0.1, 0.15) is 17.3 Å². The first-order valence-corrected chi connectivity index (χ1v) is 8.99. The number of amides is 1. The zero-order valence-corrected chi connectivity index (χ0v) is 14.9. The van der Waals surface area contributed by atoms with E-state index in [0.717, 1.165) is 4.88 Å². The van der Waals surface area contributed by atoms with E-state index in [1.165, 1.54) is 47.7 Å². The standard InChI is InChI=1S/C19H16FN3O3S/c20-13-3-5-15(6-4-13)22-19(24)12-17(18-2-1-11-27-18)21-14-7-9-16(10-8-14)23(25)26/h1-11,17,21H,12H2,(H,22,24). The van der Waals surface area contributed by atoms with Crippen LogP contribution in [0.3, 0.4) is 0 Å². The van der Waals surface area contributed by atoms with Gasteiger partial charge in [-0.25, -0.2) is 4.39 Å². The van der Waals surface area contributed by atoms with Gasteiger partial charge in [-0.15, -0.1) is 11.3 Å². The molecule has 6 nitrogen and oxygen atoms in total. The average molecular weight is 385 g/mol. The summed E-state index contributed by atoms with van der Waals surface area (Å²) >= 11 is 1.51. The van der Waals surface area contributed by atoms with Gasteiger partial charge in [-0.2, -0.15) is 0 Å². The quantitative estimate of drug-likeness (QED) is 0.444. The molecule has 1 unspecified atom stereocenters. The molecular weight excluding hydrogens is 369 g/mol. The maximum Gasteiger partial charge on any atom is 0.269 e. The third kappa shape index (κ3) is 5.11. The van der Waals surface area contributed by atoms with Crippen molar-refractivity contribution in [2.75, 3.05) is 10.6 Å². The van der Waals surface area contributed by atoms with E-state index in [4.69, 9.17) is 0 Å². The molecule has 2 N–H and O–H groups in total.